The molecule has 1 saturated carbocycles. The number of para-hydroxylation sites is 1. The summed E-state index contributed by atoms with van der Waals surface area (Å²) < 4.78 is 17.2. The van der Waals surface area contributed by atoms with Crippen LogP contribution in [-0.2, 0) is 11.3 Å². The lowest BCUT2D eigenvalue weighted by Crippen LogP contribution is -2.05. The molecule has 2 aromatic rings. The van der Waals surface area contributed by atoms with Crippen molar-refractivity contribution in [3.63, 3.8) is 0 Å². The third-order valence-electron chi connectivity index (χ3n) is 5.48. The lowest BCUT2D eigenvalue weighted by Gasteiger charge is -2.19. The molecule has 1 aliphatic heterocycles. The zero-order valence-electron chi connectivity index (χ0n) is 15.2. The van der Waals surface area contributed by atoms with E-state index in [9.17, 15) is 5.11 Å². The van der Waals surface area contributed by atoms with E-state index in [0.717, 1.165) is 22.6 Å². The largest absolute Gasteiger partial charge is 0.497 e. The van der Waals surface area contributed by atoms with Crippen LogP contribution in [0.15, 0.2) is 42.5 Å². The van der Waals surface area contributed by atoms with Gasteiger partial charge in [-0.1, -0.05) is 43.2 Å². The van der Waals surface area contributed by atoms with E-state index in [2.05, 4.69) is 18.2 Å². The van der Waals surface area contributed by atoms with E-state index in [0.29, 0.717) is 12.5 Å². The fourth-order valence-corrected chi connectivity index (χ4v) is 3.96. The van der Waals surface area contributed by atoms with Gasteiger partial charge in [-0.25, -0.2) is 0 Å². The fourth-order valence-electron chi connectivity index (χ4n) is 3.96. The van der Waals surface area contributed by atoms with Crippen molar-refractivity contribution in [2.24, 2.45) is 0 Å². The molecule has 2 fully saturated rings. The van der Waals surface area contributed by atoms with Crippen LogP contribution in [0.4, 0.5) is 0 Å². The van der Waals surface area contributed by atoms with Gasteiger partial charge in [-0.05, 0) is 42.0 Å². The van der Waals surface area contributed by atoms with Gasteiger partial charge in [0.2, 0.25) is 0 Å². The third-order valence-corrected chi connectivity index (χ3v) is 5.48. The molecule has 26 heavy (non-hydrogen) atoms. The maximum absolute atomic E-state index is 9.39. The Morgan fingerprint density at radius 1 is 1.04 bits per heavy atom. The molecule has 138 valence electrons. The summed E-state index contributed by atoms with van der Waals surface area (Å²) in [5.74, 6) is 2.36. The fraction of sp³-hybridized carbons (Fsp3) is 0.455. The number of hydrogen-bond acceptors (Lipinski definition) is 4. The number of rotatable bonds is 7. The second kappa shape index (κ2) is 7.68. The number of epoxide rings is 1. The number of ether oxygens (including phenoxy) is 3. The summed E-state index contributed by atoms with van der Waals surface area (Å²) in [5, 5.41) is 9.39. The first kappa shape index (κ1) is 17.4. The van der Waals surface area contributed by atoms with Gasteiger partial charge in [-0.15, -0.1) is 0 Å². The predicted octanol–water partition coefficient (Wildman–Crippen LogP) is 4.36. The van der Waals surface area contributed by atoms with Crippen LogP contribution in [0.3, 0.4) is 0 Å². The number of aliphatic hydroxyl groups is 1. The second-order valence-corrected chi connectivity index (χ2v) is 7.16. The smallest absolute Gasteiger partial charge is 0.129 e. The van der Waals surface area contributed by atoms with Gasteiger partial charge in [-0.2, -0.15) is 0 Å². The maximum atomic E-state index is 9.39. The summed E-state index contributed by atoms with van der Waals surface area (Å²) in [5.41, 5.74) is 3.47. The van der Waals surface area contributed by atoms with Gasteiger partial charge in [0.15, 0.2) is 0 Å². The average molecular weight is 354 g/mol. The number of methoxy groups -OCH3 is 1. The van der Waals surface area contributed by atoms with Crippen molar-refractivity contribution >= 4 is 0 Å². The van der Waals surface area contributed by atoms with Crippen LogP contribution in [0, 0.1) is 0 Å². The maximum Gasteiger partial charge on any atom is 0.129 e. The molecule has 0 bridgehead atoms. The van der Waals surface area contributed by atoms with Crippen LogP contribution in [0.25, 0.3) is 0 Å². The molecule has 4 nitrogen and oxygen atoms in total. The van der Waals surface area contributed by atoms with Crippen LogP contribution in [0.5, 0.6) is 11.5 Å². The second-order valence-electron chi connectivity index (χ2n) is 7.16. The Kier molecular flexibility index (Phi) is 5.14. The molecule has 2 aromatic carbocycles. The zero-order chi connectivity index (χ0) is 17.9. The van der Waals surface area contributed by atoms with E-state index in [1.54, 1.807) is 7.11 Å². The van der Waals surface area contributed by atoms with Gasteiger partial charge in [0.1, 0.15) is 30.3 Å². The Morgan fingerprint density at radius 3 is 2.42 bits per heavy atom. The lowest BCUT2D eigenvalue weighted by molar-refractivity contribution is 0.241. The molecule has 2 aliphatic rings. The van der Waals surface area contributed by atoms with Crippen LogP contribution >= 0.6 is 0 Å². The quantitative estimate of drug-likeness (QED) is 0.751. The normalized spacial score (nSPS) is 22.4. The summed E-state index contributed by atoms with van der Waals surface area (Å²) in [4.78, 5) is 0. The van der Waals surface area contributed by atoms with E-state index in [1.165, 1.54) is 31.2 Å². The van der Waals surface area contributed by atoms with Gasteiger partial charge in [0.25, 0.3) is 0 Å². The molecular formula is C22H26O4. The van der Waals surface area contributed by atoms with Crippen molar-refractivity contribution in [2.45, 2.75) is 50.4 Å². The summed E-state index contributed by atoms with van der Waals surface area (Å²) in [6.07, 6.45) is 4.86. The monoisotopic (exact) mass is 354 g/mol. The molecule has 4 heteroatoms. The molecule has 0 aromatic heterocycles. The molecule has 0 spiro atoms. The van der Waals surface area contributed by atoms with Gasteiger partial charge in [0.05, 0.1) is 13.7 Å². The minimum absolute atomic E-state index is 0.0489. The number of hydrogen-bond donors (Lipinski definition) is 1. The highest BCUT2D eigenvalue weighted by atomic mass is 16.6. The molecule has 0 radical (unpaired) electrons. The average Bonchev–Trinajstić information content (AvgIpc) is 3.28. The molecule has 2 unspecified atom stereocenters. The Hall–Kier alpha value is -2.04. The molecular weight excluding hydrogens is 328 g/mol. The molecule has 1 heterocycles. The van der Waals surface area contributed by atoms with Gasteiger partial charge in [-0.3, -0.25) is 0 Å². The first-order valence-electron chi connectivity index (χ1n) is 9.45. The summed E-state index contributed by atoms with van der Waals surface area (Å²) in [7, 11) is 1.67. The number of aliphatic hydroxyl groups excluding tert-OH is 1. The van der Waals surface area contributed by atoms with Gasteiger partial charge < -0.3 is 19.3 Å². The van der Waals surface area contributed by atoms with Crippen molar-refractivity contribution in [3.8, 4) is 11.5 Å². The predicted molar refractivity (Wildman–Crippen MR) is 99.7 cm³/mol. The number of benzene rings is 2. The SMILES string of the molecule is COc1ccc(COc2c(C3CCCC3)cccc2C2OC2CO)cc1. The standard InChI is InChI=1S/C22H26O4/c1-24-17-11-9-15(10-12-17)14-25-21-18(16-5-2-3-6-16)7-4-8-19(21)22-20(13-23)26-22/h4,7-12,16,20,22-23H,2-3,5-6,13-14H2,1H3. The Morgan fingerprint density at radius 2 is 1.77 bits per heavy atom. The first-order chi connectivity index (χ1) is 12.8. The Labute approximate surface area is 154 Å². The van der Waals surface area contributed by atoms with E-state index in [1.807, 2.05) is 24.3 Å². The first-order valence-corrected chi connectivity index (χ1v) is 9.45. The van der Waals surface area contributed by atoms with Crippen LogP contribution in [0.1, 0.15) is 54.4 Å². The highest BCUT2D eigenvalue weighted by Crippen LogP contribution is 2.47. The highest BCUT2D eigenvalue weighted by Gasteiger charge is 2.42. The molecule has 1 N–H and O–H groups in total. The molecule has 4 rings (SSSR count). The van der Waals surface area contributed by atoms with E-state index < -0.39 is 0 Å². The van der Waals surface area contributed by atoms with Crippen molar-refractivity contribution in [2.75, 3.05) is 13.7 Å². The minimum Gasteiger partial charge on any atom is -0.497 e. The Balaban J connectivity index is 1.58. The van der Waals surface area contributed by atoms with E-state index in [-0.39, 0.29) is 18.8 Å². The summed E-state index contributed by atoms with van der Waals surface area (Å²) in [6.45, 7) is 0.563. The molecule has 1 aliphatic carbocycles. The third kappa shape index (κ3) is 3.57. The van der Waals surface area contributed by atoms with E-state index in [4.69, 9.17) is 14.2 Å². The molecule has 1 saturated heterocycles. The zero-order valence-corrected chi connectivity index (χ0v) is 15.2. The van der Waals surface area contributed by atoms with Gasteiger partial charge >= 0.3 is 0 Å². The molecule has 0 amide bonds. The van der Waals surface area contributed by atoms with Crippen LogP contribution in [0.2, 0.25) is 0 Å². The van der Waals surface area contributed by atoms with Crippen LogP contribution in [-0.4, -0.2) is 24.9 Å². The molecule has 2 atom stereocenters. The topological polar surface area (TPSA) is 51.2 Å². The highest BCUT2D eigenvalue weighted by molar-refractivity contribution is 5.47. The van der Waals surface area contributed by atoms with Crippen molar-refractivity contribution < 1.29 is 19.3 Å². The minimum atomic E-state index is -0.0998. The van der Waals surface area contributed by atoms with Crippen molar-refractivity contribution in [3.05, 3.63) is 59.2 Å². The van der Waals surface area contributed by atoms with Gasteiger partial charge in [0, 0.05) is 5.56 Å². The van der Waals surface area contributed by atoms with E-state index >= 15 is 0 Å². The summed E-state index contributed by atoms with van der Waals surface area (Å²) in [6, 6.07) is 14.3. The van der Waals surface area contributed by atoms with Crippen molar-refractivity contribution in [1.29, 1.82) is 0 Å². The lowest BCUT2D eigenvalue weighted by atomic mass is 9.93. The van der Waals surface area contributed by atoms with Crippen molar-refractivity contribution in [1.82, 2.24) is 0 Å². The summed E-state index contributed by atoms with van der Waals surface area (Å²) >= 11 is 0. The van der Waals surface area contributed by atoms with Crippen LogP contribution < -0.4 is 9.47 Å². The Bertz CT molecular complexity index is 734.